The molecule has 48 valence electrons. The van der Waals surface area contributed by atoms with Gasteiger partial charge in [0.2, 0.25) is 5.95 Å². The van der Waals surface area contributed by atoms with Gasteiger partial charge in [0.1, 0.15) is 6.17 Å². The first kappa shape index (κ1) is 4.85. The van der Waals surface area contributed by atoms with Crippen LogP contribution in [0.5, 0.6) is 0 Å². The van der Waals surface area contributed by atoms with Crippen LogP contribution in [0.3, 0.4) is 0 Å². The second kappa shape index (κ2) is 1.29. The summed E-state index contributed by atoms with van der Waals surface area (Å²) in [4.78, 5) is 6.26. The fourth-order valence-electron chi connectivity index (χ4n) is 1.17. The van der Waals surface area contributed by atoms with E-state index in [0.717, 1.165) is 5.95 Å². The fraction of sp³-hybridized carbons (Fsp3) is 0.500. The maximum atomic E-state index is 4.12. The van der Waals surface area contributed by atoms with Gasteiger partial charge in [-0.3, -0.25) is 4.57 Å². The Morgan fingerprint density at radius 3 is 3.11 bits per heavy atom. The number of aromatic nitrogens is 2. The number of fused-ring (bicyclic) bond motifs is 1. The highest BCUT2D eigenvalue weighted by atomic mass is 15.5. The topological polar surface area (TPSA) is 21.1 Å². The number of nitrogens with zero attached hydrogens (tertiary/aromatic N) is 3. The van der Waals surface area contributed by atoms with E-state index in [1.54, 1.807) is 0 Å². The molecule has 1 aromatic rings. The molecule has 1 aliphatic heterocycles. The van der Waals surface area contributed by atoms with Crippen molar-refractivity contribution in [1.82, 2.24) is 9.55 Å². The standard InChI is InChI=1S/C6H9N3/c1-5-8(2)6-7-3-4-9(5)6/h3-5H,1-2H3. The van der Waals surface area contributed by atoms with Gasteiger partial charge in [-0.15, -0.1) is 0 Å². The van der Waals surface area contributed by atoms with Crippen molar-refractivity contribution in [2.45, 2.75) is 13.1 Å². The minimum atomic E-state index is 0.502. The molecule has 3 heteroatoms. The lowest BCUT2D eigenvalue weighted by Gasteiger charge is -2.37. The Morgan fingerprint density at radius 2 is 2.44 bits per heavy atom. The highest BCUT2D eigenvalue weighted by Crippen LogP contribution is 2.30. The Morgan fingerprint density at radius 1 is 1.67 bits per heavy atom. The van der Waals surface area contributed by atoms with Crippen molar-refractivity contribution in [3.8, 4) is 0 Å². The van der Waals surface area contributed by atoms with Gasteiger partial charge in [0.25, 0.3) is 0 Å². The summed E-state index contributed by atoms with van der Waals surface area (Å²) < 4.78 is 2.14. The molecule has 0 saturated carbocycles. The molecule has 0 aromatic carbocycles. The molecule has 0 N–H and O–H groups in total. The van der Waals surface area contributed by atoms with Crippen LogP contribution in [-0.4, -0.2) is 16.6 Å². The first-order chi connectivity index (χ1) is 4.30. The zero-order chi connectivity index (χ0) is 6.43. The van der Waals surface area contributed by atoms with E-state index in [1.165, 1.54) is 0 Å². The monoisotopic (exact) mass is 123 g/mol. The average Bonchev–Trinajstić information content (AvgIpc) is 2.30. The molecular formula is C6H9N3. The number of imidazole rings is 1. The lowest BCUT2D eigenvalue weighted by Crippen LogP contribution is -2.38. The third-order valence-corrected chi connectivity index (χ3v) is 1.93. The van der Waals surface area contributed by atoms with Gasteiger partial charge in [0.15, 0.2) is 0 Å². The third-order valence-electron chi connectivity index (χ3n) is 1.93. The molecule has 1 aliphatic rings. The Labute approximate surface area is 53.9 Å². The average molecular weight is 123 g/mol. The van der Waals surface area contributed by atoms with Crippen LogP contribution in [0.4, 0.5) is 5.95 Å². The first-order valence-corrected chi connectivity index (χ1v) is 3.06. The molecule has 2 heterocycles. The summed E-state index contributed by atoms with van der Waals surface area (Å²) in [6.45, 7) is 2.15. The lowest BCUT2D eigenvalue weighted by molar-refractivity contribution is 0.446. The Hall–Kier alpha value is -0.990. The summed E-state index contributed by atoms with van der Waals surface area (Å²) in [5.41, 5.74) is 0. The molecule has 0 aliphatic carbocycles. The number of hydrogen-bond acceptors (Lipinski definition) is 2. The van der Waals surface area contributed by atoms with Crippen molar-refractivity contribution >= 4 is 5.95 Å². The Kier molecular flexibility index (Phi) is 0.695. The Balaban J connectivity index is 2.50. The summed E-state index contributed by atoms with van der Waals surface area (Å²) in [5, 5.41) is 0. The molecule has 1 atom stereocenters. The van der Waals surface area contributed by atoms with Crippen LogP contribution in [0, 0.1) is 0 Å². The van der Waals surface area contributed by atoms with E-state index >= 15 is 0 Å². The van der Waals surface area contributed by atoms with Gasteiger partial charge in [-0.1, -0.05) is 0 Å². The third kappa shape index (κ3) is 0.399. The molecule has 0 spiro atoms. The molecule has 1 aromatic heterocycles. The highest BCUT2D eigenvalue weighted by Gasteiger charge is 2.26. The van der Waals surface area contributed by atoms with Crippen molar-refractivity contribution in [1.29, 1.82) is 0 Å². The maximum Gasteiger partial charge on any atom is 0.208 e. The Bertz CT molecular complexity index is 205. The quantitative estimate of drug-likeness (QED) is 0.510. The van der Waals surface area contributed by atoms with Crippen LogP contribution in [-0.2, 0) is 0 Å². The molecule has 0 radical (unpaired) electrons. The van der Waals surface area contributed by atoms with Crippen LogP contribution in [0.2, 0.25) is 0 Å². The number of hydrogen-bond donors (Lipinski definition) is 0. The van der Waals surface area contributed by atoms with Gasteiger partial charge in [0, 0.05) is 19.4 Å². The van der Waals surface area contributed by atoms with E-state index in [4.69, 9.17) is 0 Å². The zero-order valence-electron chi connectivity index (χ0n) is 5.57. The van der Waals surface area contributed by atoms with Crippen molar-refractivity contribution in [3.05, 3.63) is 12.4 Å². The van der Waals surface area contributed by atoms with Crippen molar-refractivity contribution in [2.24, 2.45) is 0 Å². The van der Waals surface area contributed by atoms with E-state index in [2.05, 4.69) is 21.4 Å². The summed E-state index contributed by atoms with van der Waals surface area (Å²) in [6.07, 6.45) is 4.33. The second-order valence-corrected chi connectivity index (χ2v) is 2.38. The van der Waals surface area contributed by atoms with Gasteiger partial charge in [0.05, 0.1) is 0 Å². The van der Waals surface area contributed by atoms with E-state index in [0.29, 0.717) is 6.17 Å². The van der Waals surface area contributed by atoms with Crippen LogP contribution in [0.15, 0.2) is 12.4 Å². The molecule has 1 unspecified atom stereocenters. The van der Waals surface area contributed by atoms with Gasteiger partial charge < -0.3 is 4.90 Å². The van der Waals surface area contributed by atoms with Gasteiger partial charge in [-0.05, 0) is 6.92 Å². The van der Waals surface area contributed by atoms with Gasteiger partial charge >= 0.3 is 0 Å². The van der Waals surface area contributed by atoms with Crippen LogP contribution < -0.4 is 4.90 Å². The smallest absolute Gasteiger partial charge is 0.208 e. The lowest BCUT2D eigenvalue weighted by atomic mass is 10.4. The van der Waals surface area contributed by atoms with Crippen molar-refractivity contribution < 1.29 is 0 Å². The van der Waals surface area contributed by atoms with Gasteiger partial charge in [-0.25, -0.2) is 4.98 Å². The first-order valence-electron chi connectivity index (χ1n) is 3.06. The predicted molar refractivity (Wildman–Crippen MR) is 35.3 cm³/mol. The predicted octanol–water partition coefficient (Wildman–Crippen LogP) is 0.851. The van der Waals surface area contributed by atoms with Crippen LogP contribution >= 0.6 is 0 Å². The molecule has 0 fully saturated rings. The van der Waals surface area contributed by atoms with E-state index in [-0.39, 0.29) is 0 Å². The summed E-state index contributed by atoms with van der Waals surface area (Å²) in [7, 11) is 2.05. The molecule has 0 bridgehead atoms. The van der Waals surface area contributed by atoms with Gasteiger partial charge in [-0.2, -0.15) is 0 Å². The van der Waals surface area contributed by atoms with E-state index in [9.17, 15) is 0 Å². The SMILES string of the molecule is CC1N(C)c2nccn21. The normalized spacial score (nSPS) is 23.3. The molecule has 2 rings (SSSR count). The number of anilines is 1. The van der Waals surface area contributed by atoms with Crippen molar-refractivity contribution in [3.63, 3.8) is 0 Å². The fourth-order valence-corrected chi connectivity index (χ4v) is 1.17. The molecule has 0 saturated heterocycles. The van der Waals surface area contributed by atoms with Crippen LogP contribution in [0.25, 0.3) is 0 Å². The number of rotatable bonds is 0. The summed E-state index contributed by atoms with van der Waals surface area (Å²) in [5.74, 6) is 1.07. The largest absolute Gasteiger partial charge is 0.325 e. The maximum absolute atomic E-state index is 4.12. The minimum absolute atomic E-state index is 0.502. The molecule has 0 amide bonds. The summed E-state index contributed by atoms with van der Waals surface area (Å²) in [6, 6.07) is 0. The second-order valence-electron chi connectivity index (χ2n) is 2.38. The minimum Gasteiger partial charge on any atom is -0.325 e. The van der Waals surface area contributed by atoms with E-state index < -0.39 is 0 Å². The molecular weight excluding hydrogens is 114 g/mol. The molecule has 3 nitrogen and oxygen atoms in total. The van der Waals surface area contributed by atoms with Crippen LogP contribution in [0.1, 0.15) is 13.1 Å². The zero-order valence-corrected chi connectivity index (χ0v) is 5.57. The van der Waals surface area contributed by atoms with E-state index in [1.807, 2.05) is 19.4 Å². The summed E-state index contributed by atoms with van der Waals surface area (Å²) >= 11 is 0. The highest BCUT2D eigenvalue weighted by molar-refractivity contribution is 5.39. The molecule has 9 heavy (non-hydrogen) atoms. The van der Waals surface area contributed by atoms with Crippen molar-refractivity contribution in [2.75, 3.05) is 11.9 Å².